The highest BCUT2D eigenvalue weighted by Crippen LogP contribution is 2.25. The summed E-state index contributed by atoms with van der Waals surface area (Å²) in [6.45, 7) is 0. The van der Waals surface area contributed by atoms with Gasteiger partial charge in [-0.25, -0.2) is 26.8 Å². The van der Waals surface area contributed by atoms with Crippen LogP contribution in [0.3, 0.4) is 0 Å². The lowest BCUT2D eigenvalue weighted by atomic mass is 10.1. The van der Waals surface area contributed by atoms with Gasteiger partial charge in [0, 0.05) is 23.8 Å². The number of anilines is 2. The van der Waals surface area contributed by atoms with Crippen molar-refractivity contribution < 1.29 is 16.8 Å². The highest BCUT2D eigenvalue weighted by atomic mass is 35.5. The summed E-state index contributed by atoms with van der Waals surface area (Å²) in [6, 6.07) is 19.0. The molecule has 4 rings (SSSR count). The molecule has 0 fully saturated rings. The van der Waals surface area contributed by atoms with Gasteiger partial charge in [-0.05, 0) is 59.7 Å². The average Bonchev–Trinajstić information content (AvgIpc) is 2.80. The van der Waals surface area contributed by atoms with E-state index < -0.39 is 20.0 Å². The van der Waals surface area contributed by atoms with Crippen LogP contribution in [0, 0.1) is 0 Å². The fourth-order valence-electron chi connectivity index (χ4n) is 2.93. The number of nitrogens with zero attached hydrogens (tertiary/aromatic N) is 2. The van der Waals surface area contributed by atoms with Crippen LogP contribution in [-0.4, -0.2) is 26.8 Å². The molecule has 2 heterocycles. The van der Waals surface area contributed by atoms with Crippen molar-refractivity contribution in [1.29, 1.82) is 0 Å². The first-order chi connectivity index (χ1) is 16.1. The molecule has 0 spiro atoms. The summed E-state index contributed by atoms with van der Waals surface area (Å²) >= 11 is 11.4. The van der Waals surface area contributed by atoms with Crippen molar-refractivity contribution >= 4 is 54.6 Å². The summed E-state index contributed by atoms with van der Waals surface area (Å²) in [4.78, 5) is 7.56. The third-order valence-corrected chi connectivity index (χ3v) is 7.81. The summed E-state index contributed by atoms with van der Waals surface area (Å²) in [6.07, 6.45) is 2.36. The second-order valence-corrected chi connectivity index (χ2v) is 11.1. The van der Waals surface area contributed by atoms with Crippen molar-refractivity contribution in [3.05, 3.63) is 95.5 Å². The molecule has 0 unspecified atom stereocenters. The Bertz CT molecular complexity index is 1390. The van der Waals surface area contributed by atoms with E-state index in [1.54, 1.807) is 48.5 Å². The highest BCUT2D eigenvalue weighted by molar-refractivity contribution is 7.93. The maximum absolute atomic E-state index is 12.5. The van der Waals surface area contributed by atoms with Crippen LogP contribution in [-0.2, 0) is 20.0 Å². The lowest BCUT2D eigenvalue weighted by Crippen LogP contribution is -2.13. The summed E-state index contributed by atoms with van der Waals surface area (Å²) in [7, 11) is -7.61. The lowest BCUT2D eigenvalue weighted by molar-refractivity contribution is 0.599. The normalized spacial score (nSPS) is 11.7. The molecule has 2 N–H and O–H groups in total. The van der Waals surface area contributed by atoms with E-state index in [9.17, 15) is 16.8 Å². The van der Waals surface area contributed by atoms with Crippen LogP contribution in [0.25, 0.3) is 11.1 Å². The molecular formula is C22H16Cl2N4O4S2. The highest BCUT2D eigenvalue weighted by Gasteiger charge is 2.16. The van der Waals surface area contributed by atoms with Crippen molar-refractivity contribution in [2.75, 3.05) is 9.44 Å². The van der Waals surface area contributed by atoms with E-state index in [-0.39, 0.29) is 20.1 Å². The first-order valence-electron chi connectivity index (χ1n) is 9.62. The molecule has 0 aliphatic rings. The third kappa shape index (κ3) is 5.65. The van der Waals surface area contributed by atoms with E-state index in [1.807, 2.05) is 0 Å². The summed E-state index contributed by atoms with van der Waals surface area (Å²) in [5.74, 6) is 0. The zero-order chi connectivity index (χ0) is 24.3. The van der Waals surface area contributed by atoms with Crippen molar-refractivity contribution in [1.82, 2.24) is 9.97 Å². The smallest absolute Gasteiger partial charge is 0.263 e. The number of benzene rings is 2. The van der Waals surface area contributed by atoms with Gasteiger partial charge >= 0.3 is 0 Å². The first-order valence-corrected chi connectivity index (χ1v) is 13.3. The third-order valence-electron chi connectivity index (χ3n) is 4.63. The zero-order valence-corrected chi connectivity index (χ0v) is 20.3. The molecule has 2 aromatic carbocycles. The van der Waals surface area contributed by atoms with Gasteiger partial charge in [0.25, 0.3) is 20.0 Å². The van der Waals surface area contributed by atoms with Crippen molar-refractivity contribution in [2.45, 2.75) is 9.79 Å². The molecule has 0 aliphatic carbocycles. The van der Waals surface area contributed by atoms with Crippen LogP contribution >= 0.6 is 23.2 Å². The molecule has 34 heavy (non-hydrogen) atoms. The predicted octanol–water partition coefficient (Wildman–Crippen LogP) is 5.05. The number of aromatic nitrogens is 2. The largest absolute Gasteiger partial charge is 0.280 e. The van der Waals surface area contributed by atoms with E-state index in [0.717, 1.165) is 11.1 Å². The second-order valence-electron chi connectivity index (χ2n) is 7.00. The maximum atomic E-state index is 12.5. The van der Waals surface area contributed by atoms with E-state index in [1.165, 1.54) is 36.7 Å². The fourth-order valence-corrected chi connectivity index (χ4v) is 5.16. The van der Waals surface area contributed by atoms with Gasteiger partial charge in [-0.2, -0.15) is 0 Å². The van der Waals surface area contributed by atoms with Gasteiger partial charge in [0.1, 0.15) is 20.1 Å². The predicted molar refractivity (Wildman–Crippen MR) is 132 cm³/mol. The fraction of sp³-hybridized carbons (Fsp3) is 0. The van der Waals surface area contributed by atoms with Crippen LogP contribution in [0.4, 0.5) is 11.4 Å². The molecule has 0 amide bonds. The Kier molecular flexibility index (Phi) is 6.76. The summed E-state index contributed by atoms with van der Waals surface area (Å²) in [5.41, 5.74) is 2.37. The molecular weight excluding hydrogens is 519 g/mol. The van der Waals surface area contributed by atoms with Gasteiger partial charge in [-0.3, -0.25) is 9.44 Å². The Morgan fingerprint density at radius 3 is 1.18 bits per heavy atom. The van der Waals surface area contributed by atoms with Gasteiger partial charge in [0.15, 0.2) is 0 Å². The molecule has 0 saturated carbocycles. The average molecular weight is 535 g/mol. The SMILES string of the molecule is O=S(=O)(Nc1ccc(-c2ccc(NS(=O)(=O)c3ccc(Cl)nc3)cc2)cc1)c1ccc(Cl)nc1. The van der Waals surface area contributed by atoms with Crippen LogP contribution < -0.4 is 9.44 Å². The standard InChI is InChI=1S/C22H16Cl2N4O4S2/c23-21-11-9-19(13-25-21)33(29,30)27-17-5-1-15(2-6-17)16-3-7-18(8-4-16)28-34(31,32)20-10-12-22(24)26-14-20/h1-14,27-28H. The van der Waals surface area contributed by atoms with E-state index >= 15 is 0 Å². The molecule has 12 heteroatoms. The number of nitrogens with one attached hydrogen (secondary N) is 2. The molecule has 0 radical (unpaired) electrons. The van der Waals surface area contributed by atoms with Crippen molar-refractivity contribution in [3.63, 3.8) is 0 Å². The first kappa shape index (κ1) is 24.0. The molecule has 0 atom stereocenters. The van der Waals surface area contributed by atoms with Gasteiger partial charge in [-0.1, -0.05) is 47.5 Å². The Morgan fingerprint density at radius 2 is 0.882 bits per heavy atom. The lowest BCUT2D eigenvalue weighted by Gasteiger charge is -2.10. The van der Waals surface area contributed by atoms with Gasteiger partial charge < -0.3 is 0 Å². The van der Waals surface area contributed by atoms with Gasteiger partial charge in [-0.15, -0.1) is 0 Å². The minimum absolute atomic E-state index is 0.00611. The van der Waals surface area contributed by atoms with E-state index in [2.05, 4.69) is 19.4 Å². The quantitative estimate of drug-likeness (QED) is 0.320. The van der Waals surface area contributed by atoms with Gasteiger partial charge in [0.05, 0.1) is 0 Å². The Morgan fingerprint density at radius 1 is 0.529 bits per heavy atom. The number of hydrogen-bond acceptors (Lipinski definition) is 6. The molecule has 2 aromatic heterocycles. The monoisotopic (exact) mass is 534 g/mol. The van der Waals surface area contributed by atoms with E-state index in [4.69, 9.17) is 23.2 Å². The molecule has 4 aromatic rings. The van der Waals surface area contributed by atoms with Crippen LogP contribution in [0.2, 0.25) is 10.3 Å². The number of pyridine rings is 2. The van der Waals surface area contributed by atoms with Gasteiger partial charge in [0.2, 0.25) is 0 Å². The molecule has 0 aliphatic heterocycles. The Hall–Kier alpha value is -3.18. The topological polar surface area (TPSA) is 118 Å². The summed E-state index contributed by atoms with van der Waals surface area (Å²) < 4.78 is 54.9. The number of hydrogen-bond donors (Lipinski definition) is 2. The second kappa shape index (κ2) is 9.59. The molecule has 8 nitrogen and oxygen atoms in total. The number of sulfonamides is 2. The molecule has 0 saturated heterocycles. The van der Waals surface area contributed by atoms with Crippen molar-refractivity contribution in [3.8, 4) is 11.1 Å². The minimum Gasteiger partial charge on any atom is -0.280 e. The molecule has 174 valence electrons. The zero-order valence-electron chi connectivity index (χ0n) is 17.2. The molecule has 0 bridgehead atoms. The number of rotatable bonds is 7. The van der Waals surface area contributed by atoms with Crippen molar-refractivity contribution in [2.24, 2.45) is 0 Å². The summed E-state index contributed by atoms with van der Waals surface area (Å²) in [5, 5.41) is 0.396. The van der Waals surface area contributed by atoms with Crippen LogP contribution in [0.15, 0.2) is 95.0 Å². The minimum atomic E-state index is -3.80. The number of halogens is 2. The van der Waals surface area contributed by atoms with Crippen LogP contribution in [0.1, 0.15) is 0 Å². The Balaban J connectivity index is 1.46. The Labute approximate surface area is 206 Å². The van der Waals surface area contributed by atoms with E-state index in [0.29, 0.717) is 11.4 Å². The van der Waals surface area contributed by atoms with Crippen LogP contribution in [0.5, 0.6) is 0 Å². The maximum Gasteiger partial charge on any atom is 0.263 e.